The molecule has 4 nitrogen and oxygen atoms in total. The van der Waals surface area contributed by atoms with Crippen LogP contribution < -0.4 is 0 Å². The second-order valence-electron chi connectivity index (χ2n) is 4.79. The molecule has 0 unspecified atom stereocenters. The molecule has 1 aromatic carbocycles. The molecule has 0 saturated carbocycles. The van der Waals surface area contributed by atoms with E-state index >= 15 is 0 Å². The van der Waals surface area contributed by atoms with E-state index in [-0.39, 0.29) is 5.78 Å². The standard InChI is InChI=1S/C15H19N3O/c1-13(19)7-5-6-10-18-12-15(16-17-18)11-14-8-3-2-4-9-14/h2-4,8-9,12H,5-7,10-11H2,1H3. The SMILES string of the molecule is CC(=O)CCCCn1cc(Cc2ccccc2)nn1. The Kier molecular flexibility index (Phi) is 4.84. The van der Waals surface area contributed by atoms with Crippen LogP contribution in [-0.2, 0) is 17.8 Å². The van der Waals surface area contributed by atoms with Crippen LogP contribution in [0.3, 0.4) is 0 Å². The minimum atomic E-state index is 0.253. The molecule has 0 N–H and O–H groups in total. The van der Waals surface area contributed by atoms with Gasteiger partial charge in [0.2, 0.25) is 0 Å². The first kappa shape index (κ1) is 13.5. The summed E-state index contributed by atoms with van der Waals surface area (Å²) in [5, 5.41) is 8.28. The van der Waals surface area contributed by atoms with E-state index in [2.05, 4.69) is 22.4 Å². The van der Waals surface area contributed by atoms with Gasteiger partial charge in [0, 0.05) is 25.6 Å². The zero-order valence-electron chi connectivity index (χ0n) is 11.2. The maximum absolute atomic E-state index is 10.8. The van der Waals surface area contributed by atoms with Crippen molar-refractivity contribution in [2.24, 2.45) is 0 Å². The molecule has 19 heavy (non-hydrogen) atoms. The van der Waals surface area contributed by atoms with Crippen molar-refractivity contribution < 1.29 is 4.79 Å². The molecule has 4 heteroatoms. The fraction of sp³-hybridized carbons (Fsp3) is 0.400. The molecule has 2 rings (SSSR count). The molecule has 0 aliphatic heterocycles. The van der Waals surface area contributed by atoms with Gasteiger partial charge >= 0.3 is 0 Å². The first-order chi connectivity index (χ1) is 9.24. The average molecular weight is 257 g/mol. The maximum Gasteiger partial charge on any atom is 0.129 e. The number of ketones is 1. The lowest BCUT2D eigenvalue weighted by Gasteiger charge is -1.99. The van der Waals surface area contributed by atoms with Crippen molar-refractivity contribution in [1.82, 2.24) is 15.0 Å². The number of hydrogen-bond donors (Lipinski definition) is 0. The number of Topliss-reactive ketones (excluding diaryl/α,β-unsaturated/α-hetero) is 1. The van der Waals surface area contributed by atoms with Crippen LogP contribution in [0.5, 0.6) is 0 Å². The predicted octanol–water partition coefficient (Wildman–Crippen LogP) is 2.63. The first-order valence-corrected chi connectivity index (χ1v) is 6.66. The highest BCUT2D eigenvalue weighted by atomic mass is 16.1. The highest BCUT2D eigenvalue weighted by molar-refractivity contribution is 5.75. The topological polar surface area (TPSA) is 47.8 Å². The summed E-state index contributed by atoms with van der Waals surface area (Å²) in [4.78, 5) is 10.8. The van der Waals surface area contributed by atoms with E-state index in [1.165, 1.54) is 5.56 Å². The van der Waals surface area contributed by atoms with E-state index < -0.39 is 0 Å². The number of aryl methyl sites for hydroxylation is 1. The molecular weight excluding hydrogens is 238 g/mol. The minimum Gasteiger partial charge on any atom is -0.300 e. The minimum absolute atomic E-state index is 0.253. The largest absolute Gasteiger partial charge is 0.300 e. The number of nitrogens with zero attached hydrogens (tertiary/aromatic N) is 3. The fourth-order valence-electron chi connectivity index (χ4n) is 1.98. The van der Waals surface area contributed by atoms with E-state index in [1.54, 1.807) is 6.92 Å². The Balaban J connectivity index is 1.80. The molecule has 0 spiro atoms. The van der Waals surface area contributed by atoms with Crippen molar-refractivity contribution in [3.05, 3.63) is 47.8 Å². The van der Waals surface area contributed by atoms with Gasteiger partial charge in [-0.1, -0.05) is 35.5 Å². The summed E-state index contributed by atoms with van der Waals surface area (Å²) in [5.74, 6) is 0.253. The number of benzene rings is 1. The second-order valence-corrected chi connectivity index (χ2v) is 4.79. The summed E-state index contributed by atoms with van der Waals surface area (Å²) >= 11 is 0. The van der Waals surface area contributed by atoms with Crippen LogP contribution in [0.1, 0.15) is 37.4 Å². The van der Waals surface area contributed by atoms with E-state index in [0.29, 0.717) is 6.42 Å². The second kappa shape index (κ2) is 6.83. The van der Waals surface area contributed by atoms with E-state index in [0.717, 1.165) is 31.5 Å². The van der Waals surface area contributed by atoms with Gasteiger partial charge in [0.15, 0.2) is 0 Å². The molecule has 1 heterocycles. The molecule has 0 radical (unpaired) electrons. The van der Waals surface area contributed by atoms with Gasteiger partial charge in [0.1, 0.15) is 5.78 Å². The molecule has 0 saturated heterocycles. The van der Waals surface area contributed by atoms with Gasteiger partial charge in [0.25, 0.3) is 0 Å². The Labute approximate surface area is 113 Å². The van der Waals surface area contributed by atoms with Gasteiger partial charge < -0.3 is 4.79 Å². The van der Waals surface area contributed by atoms with Crippen LogP contribution in [0.2, 0.25) is 0 Å². The molecule has 100 valence electrons. The number of carbonyl (C=O) groups excluding carboxylic acids is 1. The van der Waals surface area contributed by atoms with Gasteiger partial charge in [-0.05, 0) is 25.3 Å². The van der Waals surface area contributed by atoms with Crippen molar-refractivity contribution in [1.29, 1.82) is 0 Å². The third-order valence-corrected chi connectivity index (χ3v) is 2.98. The quantitative estimate of drug-likeness (QED) is 0.716. The summed E-state index contributed by atoms with van der Waals surface area (Å²) in [7, 11) is 0. The van der Waals surface area contributed by atoms with Gasteiger partial charge in [-0.15, -0.1) is 5.10 Å². The zero-order chi connectivity index (χ0) is 13.5. The van der Waals surface area contributed by atoms with Gasteiger partial charge in [0.05, 0.1) is 5.69 Å². The van der Waals surface area contributed by atoms with Crippen LogP contribution in [0.4, 0.5) is 0 Å². The van der Waals surface area contributed by atoms with Gasteiger partial charge in [-0.3, -0.25) is 4.68 Å². The third kappa shape index (κ3) is 4.66. The van der Waals surface area contributed by atoms with E-state index in [4.69, 9.17) is 0 Å². The molecular formula is C15H19N3O. The summed E-state index contributed by atoms with van der Waals surface area (Å²) in [6.07, 6.45) is 5.34. The van der Waals surface area contributed by atoms with E-state index in [1.807, 2.05) is 29.1 Å². The van der Waals surface area contributed by atoms with Crippen LogP contribution in [0.25, 0.3) is 0 Å². The fourth-order valence-corrected chi connectivity index (χ4v) is 1.98. The lowest BCUT2D eigenvalue weighted by molar-refractivity contribution is -0.117. The molecule has 0 aliphatic rings. The smallest absolute Gasteiger partial charge is 0.129 e. The predicted molar refractivity (Wildman–Crippen MR) is 73.8 cm³/mol. The monoisotopic (exact) mass is 257 g/mol. The van der Waals surface area contributed by atoms with Gasteiger partial charge in [-0.25, -0.2) is 0 Å². The molecule has 0 aliphatic carbocycles. The Morgan fingerprint density at radius 2 is 2.00 bits per heavy atom. The van der Waals surface area contributed by atoms with Crippen LogP contribution in [0, 0.1) is 0 Å². The number of carbonyl (C=O) groups is 1. The van der Waals surface area contributed by atoms with Crippen LogP contribution >= 0.6 is 0 Å². The lowest BCUT2D eigenvalue weighted by atomic mass is 10.1. The van der Waals surface area contributed by atoms with Crippen LogP contribution in [0.15, 0.2) is 36.5 Å². The Hall–Kier alpha value is -1.97. The molecule has 0 fully saturated rings. The number of rotatable bonds is 7. The Bertz CT molecular complexity index is 519. The van der Waals surface area contributed by atoms with Crippen molar-refractivity contribution in [2.75, 3.05) is 0 Å². The molecule has 0 atom stereocenters. The third-order valence-electron chi connectivity index (χ3n) is 2.98. The first-order valence-electron chi connectivity index (χ1n) is 6.66. The van der Waals surface area contributed by atoms with E-state index in [9.17, 15) is 4.79 Å². The Morgan fingerprint density at radius 3 is 2.74 bits per heavy atom. The molecule has 2 aromatic rings. The van der Waals surface area contributed by atoms with Crippen LogP contribution in [-0.4, -0.2) is 20.8 Å². The molecule has 1 aromatic heterocycles. The van der Waals surface area contributed by atoms with Crippen molar-refractivity contribution in [3.63, 3.8) is 0 Å². The maximum atomic E-state index is 10.8. The average Bonchev–Trinajstić information content (AvgIpc) is 2.83. The van der Waals surface area contributed by atoms with Crippen molar-refractivity contribution in [3.8, 4) is 0 Å². The number of unbranched alkanes of at least 4 members (excludes halogenated alkanes) is 1. The highest BCUT2D eigenvalue weighted by Crippen LogP contribution is 2.06. The lowest BCUT2D eigenvalue weighted by Crippen LogP contribution is -2.00. The summed E-state index contributed by atoms with van der Waals surface area (Å²) in [6, 6.07) is 10.2. The Morgan fingerprint density at radius 1 is 1.21 bits per heavy atom. The van der Waals surface area contributed by atoms with Gasteiger partial charge in [-0.2, -0.15) is 0 Å². The normalized spacial score (nSPS) is 10.6. The zero-order valence-corrected chi connectivity index (χ0v) is 11.2. The summed E-state index contributed by atoms with van der Waals surface area (Å²) in [6.45, 7) is 2.46. The highest BCUT2D eigenvalue weighted by Gasteiger charge is 2.02. The van der Waals surface area contributed by atoms with Crippen molar-refractivity contribution >= 4 is 5.78 Å². The molecule has 0 bridgehead atoms. The van der Waals surface area contributed by atoms with Crippen molar-refractivity contribution in [2.45, 2.75) is 39.2 Å². The summed E-state index contributed by atoms with van der Waals surface area (Å²) < 4.78 is 1.86. The number of aromatic nitrogens is 3. The molecule has 0 amide bonds. The number of hydrogen-bond acceptors (Lipinski definition) is 3. The summed E-state index contributed by atoms with van der Waals surface area (Å²) in [5.41, 5.74) is 2.23.